The van der Waals surface area contributed by atoms with E-state index in [0.29, 0.717) is 14.1 Å². The second-order valence-electron chi connectivity index (χ2n) is 5.56. The summed E-state index contributed by atoms with van der Waals surface area (Å²) in [6.07, 6.45) is 1.71. The lowest BCUT2D eigenvalue weighted by molar-refractivity contribution is 0.108. The number of carbonyl (C=O) groups excluding carboxylic acids is 2. The van der Waals surface area contributed by atoms with Crippen LogP contribution in [0.4, 0.5) is 0 Å². The topological polar surface area (TPSA) is 34.1 Å². The molecule has 1 unspecified atom stereocenters. The third-order valence-corrected chi connectivity index (χ3v) is 5.39. The molecule has 0 radical (unpaired) electrons. The molecule has 0 amide bonds. The first-order valence-corrected chi connectivity index (χ1v) is 8.21. The van der Waals surface area contributed by atoms with Crippen molar-refractivity contribution < 1.29 is 9.59 Å². The van der Waals surface area contributed by atoms with E-state index in [2.05, 4.69) is 24.3 Å². The summed E-state index contributed by atoms with van der Waals surface area (Å²) in [7, 11) is 0.308. The van der Waals surface area contributed by atoms with Crippen molar-refractivity contribution in [2.75, 3.05) is 0 Å². The Labute approximate surface area is 126 Å². The van der Waals surface area contributed by atoms with E-state index in [-0.39, 0.29) is 5.52 Å². The molecule has 0 aromatic heterocycles. The van der Waals surface area contributed by atoms with Gasteiger partial charge in [-0.3, -0.25) is 9.59 Å². The Morgan fingerprint density at radius 1 is 1.00 bits per heavy atom. The molecule has 2 nitrogen and oxygen atoms in total. The number of rotatable bonds is 2. The molecule has 2 aromatic carbocycles. The highest BCUT2D eigenvalue weighted by molar-refractivity contribution is 7.59. The summed E-state index contributed by atoms with van der Waals surface area (Å²) in [5.74, 6) is 0. The first-order chi connectivity index (χ1) is 10.0. The minimum Gasteiger partial charge on any atom is -0.298 e. The largest absolute Gasteiger partial charge is 0.298 e. The first-order valence-electron chi connectivity index (χ1n) is 7.01. The van der Waals surface area contributed by atoms with Crippen LogP contribution in [0.1, 0.15) is 43.0 Å². The zero-order valence-electron chi connectivity index (χ0n) is 12.4. The lowest BCUT2D eigenvalue weighted by Crippen LogP contribution is -2.05. The standard InChI is InChI=1S/C18H17O2P/c1-10-4-6-13(7-5-10)16-12(3)15-9-21-18(20)17(15)11(2)14(16)8-19/h4-8,21H,9H2,1-3H3. The van der Waals surface area contributed by atoms with Gasteiger partial charge >= 0.3 is 0 Å². The van der Waals surface area contributed by atoms with Crippen LogP contribution in [-0.4, -0.2) is 11.8 Å². The van der Waals surface area contributed by atoms with Crippen LogP contribution in [0, 0.1) is 20.8 Å². The Balaban J connectivity index is 2.35. The van der Waals surface area contributed by atoms with Crippen LogP contribution in [0.3, 0.4) is 0 Å². The molecule has 3 heteroatoms. The summed E-state index contributed by atoms with van der Waals surface area (Å²) >= 11 is 0. The monoisotopic (exact) mass is 296 g/mol. The molecule has 0 saturated heterocycles. The van der Waals surface area contributed by atoms with E-state index >= 15 is 0 Å². The molecule has 3 rings (SSSR count). The van der Waals surface area contributed by atoms with Gasteiger partial charge in [0.15, 0.2) is 11.8 Å². The van der Waals surface area contributed by atoms with E-state index in [1.165, 1.54) is 5.56 Å². The highest BCUT2D eigenvalue weighted by Gasteiger charge is 2.28. The number of aldehydes is 1. The number of aryl methyl sites for hydroxylation is 1. The lowest BCUT2D eigenvalue weighted by Gasteiger charge is -2.17. The average molecular weight is 296 g/mol. The molecule has 1 atom stereocenters. The molecular formula is C18H17O2P. The van der Waals surface area contributed by atoms with E-state index in [1.807, 2.05) is 20.8 Å². The number of carbonyl (C=O) groups is 2. The van der Waals surface area contributed by atoms with E-state index in [9.17, 15) is 9.59 Å². The molecule has 1 aliphatic rings. The molecule has 0 spiro atoms. The second kappa shape index (κ2) is 5.20. The third kappa shape index (κ3) is 2.15. The first kappa shape index (κ1) is 14.2. The van der Waals surface area contributed by atoms with Crippen LogP contribution in [0.2, 0.25) is 0 Å². The maximum absolute atomic E-state index is 12.1. The number of benzene rings is 2. The van der Waals surface area contributed by atoms with Gasteiger partial charge in [-0.05, 0) is 63.3 Å². The summed E-state index contributed by atoms with van der Waals surface area (Å²) in [6, 6.07) is 8.21. The summed E-state index contributed by atoms with van der Waals surface area (Å²) in [5.41, 5.74) is 7.95. The van der Waals surface area contributed by atoms with Gasteiger partial charge in [0.25, 0.3) is 0 Å². The molecule has 0 bridgehead atoms. The van der Waals surface area contributed by atoms with E-state index in [0.717, 1.165) is 45.8 Å². The molecule has 0 fully saturated rings. The molecule has 0 saturated carbocycles. The van der Waals surface area contributed by atoms with Crippen LogP contribution in [0.25, 0.3) is 11.1 Å². The van der Waals surface area contributed by atoms with Crippen molar-refractivity contribution >= 4 is 20.4 Å². The highest BCUT2D eigenvalue weighted by Crippen LogP contribution is 2.43. The fourth-order valence-electron chi connectivity index (χ4n) is 3.11. The normalized spacial score (nSPS) is 14.5. The molecule has 0 N–H and O–H groups in total. The van der Waals surface area contributed by atoms with Crippen molar-refractivity contribution in [3.8, 4) is 11.1 Å². The summed E-state index contributed by atoms with van der Waals surface area (Å²) in [5, 5.41) is 0. The Hall–Kier alpha value is -1.79. The van der Waals surface area contributed by atoms with Gasteiger partial charge < -0.3 is 0 Å². The van der Waals surface area contributed by atoms with Crippen molar-refractivity contribution in [1.82, 2.24) is 0 Å². The smallest absolute Gasteiger partial charge is 0.182 e. The van der Waals surface area contributed by atoms with Crippen molar-refractivity contribution in [1.29, 1.82) is 0 Å². The van der Waals surface area contributed by atoms with Gasteiger partial charge in [0.05, 0.1) is 0 Å². The predicted octanol–water partition coefficient (Wildman–Crippen LogP) is 4.42. The number of hydrogen-bond donors (Lipinski definition) is 0. The molecule has 21 heavy (non-hydrogen) atoms. The summed E-state index contributed by atoms with van der Waals surface area (Å²) < 4.78 is 0. The SMILES string of the molecule is Cc1ccc(-c2c(C)c3c(c(C)c2C=O)C(=O)PC3)cc1. The molecule has 1 aliphatic heterocycles. The van der Waals surface area contributed by atoms with Gasteiger partial charge in [0.2, 0.25) is 0 Å². The predicted molar refractivity (Wildman–Crippen MR) is 87.8 cm³/mol. The van der Waals surface area contributed by atoms with Crippen LogP contribution in [0.5, 0.6) is 0 Å². The second-order valence-corrected chi connectivity index (χ2v) is 6.72. The minimum absolute atomic E-state index is 0.198. The lowest BCUT2D eigenvalue weighted by atomic mass is 9.86. The van der Waals surface area contributed by atoms with Gasteiger partial charge in [-0.25, -0.2) is 0 Å². The molecule has 0 aliphatic carbocycles. The zero-order valence-corrected chi connectivity index (χ0v) is 13.4. The van der Waals surface area contributed by atoms with Crippen LogP contribution < -0.4 is 0 Å². The molecule has 1 heterocycles. The van der Waals surface area contributed by atoms with Gasteiger partial charge in [-0.2, -0.15) is 0 Å². The Bertz CT molecular complexity index is 758. The highest BCUT2D eigenvalue weighted by atomic mass is 31.1. The Morgan fingerprint density at radius 2 is 1.67 bits per heavy atom. The Morgan fingerprint density at radius 3 is 2.29 bits per heavy atom. The molecule has 106 valence electrons. The van der Waals surface area contributed by atoms with E-state index in [1.54, 1.807) is 0 Å². The summed E-state index contributed by atoms with van der Waals surface area (Å²) in [4.78, 5) is 23.7. The zero-order chi connectivity index (χ0) is 15.1. The quantitative estimate of drug-likeness (QED) is 0.607. The third-order valence-electron chi connectivity index (χ3n) is 4.29. The Kier molecular flexibility index (Phi) is 3.51. The maximum Gasteiger partial charge on any atom is 0.182 e. The minimum atomic E-state index is 0.198. The molecular weight excluding hydrogens is 279 g/mol. The van der Waals surface area contributed by atoms with Crippen molar-refractivity contribution in [2.45, 2.75) is 26.9 Å². The van der Waals surface area contributed by atoms with Crippen molar-refractivity contribution in [3.05, 3.63) is 57.6 Å². The van der Waals surface area contributed by atoms with Gasteiger partial charge in [-0.1, -0.05) is 29.8 Å². The number of fused-ring (bicyclic) bond motifs is 1. The van der Waals surface area contributed by atoms with Crippen molar-refractivity contribution in [2.24, 2.45) is 0 Å². The average Bonchev–Trinajstić information content (AvgIpc) is 2.86. The van der Waals surface area contributed by atoms with Crippen LogP contribution >= 0.6 is 8.58 Å². The molecule has 2 aromatic rings. The van der Waals surface area contributed by atoms with Gasteiger partial charge in [-0.15, -0.1) is 0 Å². The van der Waals surface area contributed by atoms with E-state index < -0.39 is 0 Å². The van der Waals surface area contributed by atoms with Gasteiger partial charge in [0, 0.05) is 11.1 Å². The fraction of sp³-hybridized carbons (Fsp3) is 0.222. The fourth-order valence-corrected chi connectivity index (χ4v) is 4.41. The maximum atomic E-state index is 12.1. The number of hydrogen-bond acceptors (Lipinski definition) is 2. The van der Waals surface area contributed by atoms with Gasteiger partial charge in [0.1, 0.15) is 0 Å². The van der Waals surface area contributed by atoms with Crippen LogP contribution in [-0.2, 0) is 6.16 Å². The van der Waals surface area contributed by atoms with Crippen molar-refractivity contribution in [3.63, 3.8) is 0 Å². The summed E-state index contributed by atoms with van der Waals surface area (Å²) in [6.45, 7) is 5.97. The van der Waals surface area contributed by atoms with E-state index in [4.69, 9.17) is 0 Å². The van der Waals surface area contributed by atoms with Crippen LogP contribution in [0.15, 0.2) is 24.3 Å².